The maximum atomic E-state index is 12.9. The summed E-state index contributed by atoms with van der Waals surface area (Å²) < 4.78 is 87.9. The van der Waals surface area contributed by atoms with Gasteiger partial charge in [0.1, 0.15) is 30.3 Å². The molecule has 2 atom stereocenters. The Labute approximate surface area is 211 Å². The monoisotopic (exact) mass is 527 g/mol. The molecule has 37 heavy (non-hydrogen) atoms. The van der Waals surface area contributed by atoms with Crippen LogP contribution in [0.5, 0.6) is 11.5 Å². The number of likely N-dealkylation sites (N-methyl/N-ethyl adjacent to an activating group) is 1. The number of hydrogen-bond acceptors (Lipinski definition) is 4. The zero-order valence-corrected chi connectivity index (χ0v) is 20.0. The highest BCUT2D eigenvalue weighted by Gasteiger charge is 2.31. The predicted molar refractivity (Wildman–Crippen MR) is 126 cm³/mol. The van der Waals surface area contributed by atoms with E-state index in [4.69, 9.17) is 9.47 Å². The molecular formula is C27H27F6NO3. The van der Waals surface area contributed by atoms with Crippen molar-refractivity contribution in [1.29, 1.82) is 0 Å². The molecule has 10 heteroatoms. The van der Waals surface area contributed by atoms with E-state index >= 15 is 0 Å². The van der Waals surface area contributed by atoms with E-state index < -0.39 is 35.7 Å². The van der Waals surface area contributed by atoms with Crippen molar-refractivity contribution >= 4 is 0 Å². The van der Waals surface area contributed by atoms with Gasteiger partial charge in [0.2, 0.25) is 0 Å². The van der Waals surface area contributed by atoms with Crippen molar-refractivity contribution in [3.8, 4) is 11.5 Å². The van der Waals surface area contributed by atoms with Crippen LogP contribution in [0.2, 0.25) is 0 Å². The number of benzene rings is 3. The number of halogens is 6. The maximum Gasteiger partial charge on any atom is 0.416 e. The van der Waals surface area contributed by atoms with E-state index in [1.54, 1.807) is 7.05 Å². The molecule has 0 heterocycles. The summed E-state index contributed by atoms with van der Waals surface area (Å²) in [6.45, 7) is 0.597. The number of aliphatic hydroxyl groups is 1. The average molecular weight is 528 g/mol. The molecule has 3 aromatic carbocycles. The molecule has 4 nitrogen and oxygen atoms in total. The lowest BCUT2D eigenvalue weighted by Crippen LogP contribution is -2.34. The van der Waals surface area contributed by atoms with Gasteiger partial charge in [-0.25, -0.2) is 0 Å². The summed E-state index contributed by atoms with van der Waals surface area (Å²) in [6, 6.07) is 18.0. The Bertz CT molecular complexity index is 1090. The van der Waals surface area contributed by atoms with Gasteiger partial charge >= 0.3 is 12.4 Å². The SMILES string of the molecule is CN(CCC(Oc1ccc(C(F)(F)F)cc1)c1ccccc1)CC(O)COc1ccc(C(F)(F)F)cc1. The molecule has 0 saturated carbocycles. The summed E-state index contributed by atoms with van der Waals surface area (Å²) in [5, 5.41) is 10.3. The molecule has 0 aromatic heterocycles. The number of nitrogens with zero attached hydrogens (tertiary/aromatic N) is 1. The summed E-state index contributed by atoms with van der Waals surface area (Å²) >= 11 is 0. The second-order valence-corrected chi connectivity index (χ2v) is 8.58. The second-order valence-electron chi connectivity index (χ2n) is 8.58. The van der Waals surface area contributed by atoms with Crippen LogP contribution in [-0.4, -0.2) is 42.9 Å². The van der Waals surface area contributed by atoms with Crippen LogP contribution in [0.4, 0.5) is 26.3 Å². The molecule has 2 unspecified atom stereocenters. The molecule has 0 aliphatic heterocycles. The van der Waals surface area contributed by atoms with Crippen LogP contribution in [-0.2, 0) is 12.4 Å². The maximum absolute atomic E-state index is 12.9. The van der Waals surface area contributed by atoms with Crippen LogP contribution >= 0.6 is 0 Å². The van der Waals surface area contributed by atoms with E-state index in [2.05, 4.69) is 0 Å². The largest absolute Gasteiger partial charge is 0.491 e. The third-order valence-corrected chi connectivity index (χ3v) is 5.55. The highest BCUT2D eigenvalue weighted by molar-refractivity contribution is 5.30. The van der Waals surface area contributed by atoms with Crippen LogP contribution in [0, 0.1) is 0 Å². The van der Waals surface area contributed by atoms with Crippen LogP contribution in [0.15, 0.2) is 78.9 Å². The minimum absolute atomic E-state index is 0.111. The molecule has 0 saturated heterocycles. The Kier molecular flexibility index (Phi) is 9.45. The number of rotatable bonds is 11. The van der Waals surface area contributed by atoms with Crippen molar-refractivity contribution in [2.45, 2.75) is 31.0 Å². The molecule has 0 aliphatic carbocycles. The highest BCUT2D eigenvalue weighted by Crippen LogP contribution is 2.32. The van der Waals surface area contributed by atoms with Crippen molar-refractivity contribution in [2.75, 3.05) is 26.7 Å². The zero-order chi connectivity index (χ0) is 27.1. The minimum atomic E-state index is -4.44. The molecule has 3 aromatic rings. The highest BCUT2D eigenvalue weighted by atomic mass is 19.4. The Morgan fingerprint density at radius 1 is 0.757 bits per heavy atom. The van der Waals surface area contributed by atoms with Crippen LogP contribution in [0.3, 0.4) is 0 Å². The molecule has 0 spiro atoms. The van der Waals surface area contributed by atoms with E-state index in [1.165, 1.54) is 24.3 Å². The van der Waals surface area contributed by atoms with Gasteiger partial charge in [-0.2, -0.15) is 26.3 Å². The summed E-state index contributed by atoms with van der Waals surface area (Å²) in [7, 11) is 1.78. The smallest absolute Gasteiger partial charge is 0.416 e. The topological polar surface area (TPSA) is 41.9 Å². The fourth-order valence-corrected chi connectivity index (χ4v) is 3.62. The van der Waals surface area contributed by atoms with Crippen molar-refractivity contribution in [1.82, 2.24) is 4.90 Å². The minimum Gasteiger partial charge on any atom is -0.491 e. The molecule has 0 fully saturated rings. The van der Waals surface area contributed by atoms with Gasteiger partial charge in [-0.1, -0.05) is 30.3 Å². The first kappa shape index (κ1) is 28.3. The Morgan fingerprint density at radius 2 is 1.27 bits per heavy atom. The first-order valence-corrected chi connectivity index (χ1v) is 11.5. The fraction of sp³-hybridized carbons (Fsp3) is 0.333. The Morgan fingerprint density at radius 3 is 1.78 bits per heavy atom. The number of aliphatic hydroxyl groups excluding tert-OH is 1. The summed E-state index contributed by atoms with van der Waals surface area (Å²) in [4.78, 5) is 1.84. The molecule has 0 bridgehead atoms. The lowest BCUT2D eigenvalue weighted by atomic mass is 10.1. The number of hydrogen-bond donors (Lipinski definition) is 1. The van der Waals surface area contributed by atoms with E-state index in [0.29, 0.717) is 18.7 Å². The van der Waals surface area contributed by atoms with Crippen molar-refractivity contribution < 1.29 is 40.9 Å². The van der Waals surface area contributed by atoms with Gasteiger partial charge in [-0.05, 0) is 61.1 Å². The molecule has 200 valence electrons. The van der Waals surface area contributed by atoms with Crippen molar-refractivity contribution in [3.05, 3.63) is 95.6 Å². The number of alkyl halides is 6. The number of ether oxygens (including phenoxy) is 2. The zero-order valence-electron chi connectivity index (χ0n) is 20.0. The van der Waals surface area contributed by atoms with E-state index in [0.717, 1.165) is 29.8 Å². The molecule has 0 radical (unpaired) electrons. The molecule has 0 aliphatic rings. The van der Waals surface area contributed by atoms with Crippen molar-refractivity contribution in [3.63, 3.8) is 0 Å². The van der Waals surface area contributed by atoms with Gasteiger partial charge in [-0.15, -0.1) is 0 Å². The summed E-state index contributed by atoms with van der Waals surface area (Å²) in [5.41, 5.74) is -0.697. The van der Waals surface area contributed by atoms with Crippen LogP contribution in [0.1, 0.15) is 29.2 Å². The van der Waals surface area contributed by atoms with Gasteiger partial charge < -0.3 is 19.5 Å². The van der Waals surface area contributed by atoms with Gasteiger partial charge in [0.25, 0.3) is 0 Å². The first-order valence-electron chi connectivity index (χ1n) is 11.5. The van der Waals surface area contributed by atoms with Gasteiger partial charge in [0, 0.05) is 19.5 Å². The molecule has 1 N–H and O–H groups in total. The van der Waals surface area contributed by atoms with Gasteiger partial charge in [0.05, 0.1) is 11.1 Å². The second kappa shape index (κ2) is 12.3. The summed E-state index contributed by atoms with van der Waals surface area (Å²) in [5.74, 6) is 0.512. The van der Waals surface area contributed by atoms with Gasteiger partial charge in [0.15, 0.2) is 0 Å². The normalized spacial score (nSPS) is 13.9. The third kappa shape index (κ3) is 8.98. The standard InChI is InChI=1S/C27H27F6NO3/c1-34(17-22(35)18-36-23-11-7-20(8-12-23)26(28,29)30)16-15-25(19-5-3-2-4-6-19)37-24-13-9-21(10-14-24)27(31,32)33/h2-14,22,25,35H,15-18H2,1H3. The Balaban J connectivity index is 1.53. The molecule has 3 rings (SSSR count). The van der Waals surface area contributed by atoms with Crippen LogP contribution < -0.4 is 9.47 Å². The predicted octanol–water partition coefficient (Wildman–Crippen LogP) is 6.61. The van der Waals surface area contributed by atoms with Crippen molar-refractivity contribution in [2.24, 2.45) is 0 Å². The molecule has 0 amide bonds. The van der Waals surface area contributed by atoms with E-state index in [1.807, 2.05) is 35.2 Å². The first-order chi connectivity index (χ1) is 17.4. The fourth-order valence-electron chi connectivity index (χ4n) is 3.62. The lowest BCUT2D eigenvalue weighted by molar-refractivity contribution is -0.138. The lowest BCUT2D eigenvalue weighted by Gasteiger charge is -2.25. The average Bonchev–Trinajstić information content (AvgIpc) is 2.85. The van der Waals surface area contributed by atoms with E-state index in [9.17, 15) is 31.4 Å². The third-order valence-electron chi connectivity index (χ3n) is 5.55. The summed E-state index contributed by atoms with van der Waals surface area (Å²) in [6.07, 6.45) is -9.74. The Hall–Kier alpha value is -3.24. The van der Waals surface area contributed by atoms with E-state index in [-0.39, 0.29) is 18.9 Å². The molecular weight excluding hydrogens is 500 g/mol. The van der Waals surface area contributed by atoms with Crippen LogP contribution in [0.25, 0.3) is 0 Å². The quantitative estimate of drug-likeness (QED) is 0.285. The van der Waals surface area contributed by atoms with Gasteiger partial charge in [-0.3, -0.25) is 0 Å².